The van der Waals surface area contributed by atoms with Crippen LogP contribution < -0.4 is 0 Å². The fourth-order valence-corrected chi connectivity index (χ4v) is 6.85. The maximum atomic E-state index is 6.12. The average Bonchev–Trinajstić information content (AvgIpc) is 3.65. The quantitative estimate of drug-likeness (QED) is 0.210. The van der Waals surface area contributed by atoms with Crippen molar-refractivity contribution < 1.29 is 4.42 Å². The highest BCUT2D eigenvalue weighted by molar-refractivity contribution is 6.15. The molecule has 45 heavy (non-hydrogen) atoms. The van der Waals surface area contributed by atoms with Gasteiger partial charge in [-0.1, -0.05) is 103 Å². The first-order valence-electron chi connectivity index (χ1n) is 15.0. The number of aromatic nitrogens is 4. The fraction of sp³-hybridized carbons (Fsp3) is 0. The minimum absolute atomic E-state index is 0.561. The minimum atomic E-state index is 0.561. The van der Waals surface area contributed by atoms with Gasteiger partial charge < -0.3 is 4.42 Å². The Bertz CT molecular complexity index is 2670. The van der Waals surface area contributed by atoms with Crippen LogP contribution in [0, 0.1) is 0 Å². The molecule has 10 rings (SSSR count). The molecule has 208 valence electrons. The van der Waals surface area contributed by atoms with E-state index in [1.807, 2.05) is 24.3 Å². The zero-order valence-electron chi connectivity index (χ0n) is 23.9. The minimum Gasteiger partial charge on any atom is -0.438 e. The van der Waals surface area contributed by atoms with Gasteiger partial charge in [-0.05, 0) is 68.1 Å². The highest BCUT2D eigenvalue weighted by Crippen LogP contribution is 2.48. The van der Waals surface area contributed by atoms with Crippen molar-refractivity contribution in [3.63, 3.8) is 0 Å². The second-order valence-electron chi connectivity index (χ2n) is 11.5. The van der Waals surface area contributed by atoms with Crippen molar-refractivity contribution >= 4 is 43.6 Å². The topological polar surface area (TPSA) is 64.7 Å². The van der Waals surface area contributed by atoms with Crippen molar-refractivity contribution in [1.29, 1.82) is 0 Å². The van der Waals surface area contributed by atoms with E-state index in [0.717, 1.165) is 38.4 Å². The van der Waals surface area contributed by atoms with Gasteiger partial charge in [-0.3, -0.25) is 0 Å². The smallest absolute Gasteiger partial charge is 0.228 e. The summed E-state index contributed by atoms with van der Waals surface area (Å²) in [5.41, 5.74) is 9.00. The van der Waals surface area contributed by atoms with E-state index in [9.17, 15) is 0 Å². The van der Waals surface area contributed by atoms with E-state index < -0.39 is 0 Å². The molecule has 0 radical (unpaired) electrons. The number of hydrogen-bond acceptors (Lipinski definition) is 5. The van der Waals surface area contributed by atoms with Crippen LogP contribution in [0.1, 0.15) is 0 Å². The van der Waals surface area contributed by atoms with Crippen molar-refractivity contribution in [2.45, 2.75) is 0 Å². The van der Waals surface area contributed by atoms with Gasteiger partial charge in [0, 0.05) is 28.3 Å². The van der Waals surface area contributed by atoms with Gasteiger partial charge in [0.05, 0.1) is 5.39 Å². The van der Waals surface area contributed by atoms with Crippen molar-refractivity contribution in [1.82, 2.24) is 19.9 Å². The van der Waals surface area contributed by atoms with Crippen LogP contribution >= 0.6 is 0 Å². The molecule has 0 unspecified atom stereocenters. The largest absolute Gasteiger partial charge is 0.438 e. The lowest BCUT2D eigenvalue weighted by molar-refractivity contribution is 0.654. The van der Waals surface area contributed by atoms with Crippen molar-refractivity contribution in [3.05, 3.63) is 134 Å². The van der Waals surface area contributed by atoms with Crippen LogP contribution in [-0.2, 0) is 0 Å². The Kier molecular flexibility index (Phi) is 4.93. The molecule has 5 nitrogen and oxygen atoms in total. The first-order valence-corrected chi connectivity index (χ1v) is 15.0. The van der Waals surface area contributed by atoms with Crippen LogP contribution in [-0.4, -0.2) is 19.9 Å². The average molecular weight is 575 g/mol. The van der Waals surface area contributed by atoms with E-state index in [0.29, 0.717) is 23.2 Å². The molecule has 5 heteroatoms. The summed E-state index contributed by atoms with van der Waals surface area (Å²) in [6.45, 7) is 0. The lowest BCUT2D eigenvalue weighted by Crippen LogP contribution is -2.01. The Morgan fingerprint density at radius 3 is 1.98 bits per heavy atom. The van der Waals surface area contributed by atoms with Crippen LogP contribution in [0.15, 0.2) is 138 Å². The van der Waals surface area contributed by atoms with Gasteiger partial charge in [0.15, 0.2) is 17.5 Å². The van der Waals surface area contributed by atoms with Crippen LogP contribution in [0.3, 0.4) is 0 Å². The Balaban J connectivity index is 1.22. The van der Waals surface area contributed by atoms with Gasteiger partial charge in [0.25, 0.3) is 0 Å². The Morgan fingerprint density at radius 2 is 1.11 bits per heavy atom. The summed E-state index contributed by atoms with van der Waals surface area (Å²) >= 11 is 0. The SMILES string of the molecule is c1ccc2cc(-c3nc(-c4ccc5c(c4)-c4cccc6cccc-5c46)nc(-c4ccnc5oc6ccccc6c45)n3)ccc2c1. The summed E-state index contributed by atoms with van der Waals surface area (Å²) in [7, 11) is 0. The molecule has 1 aliphatic rings. The molecule has 0 saturated carbocycles. The van der Waals surface area contributed by atoms with Gasteiger partial charge in [-0.25, -0.2) is 19.9 Å². The molecule has 0 atom stereocenters. The van der Waals surface area contributed by atoms with E-state index in [1.54, 1.807) is 6.20 Å². The summed E-state index contributed by atoms with van der Waals surface area (Å²) in [5.74, 6) is 1.81. The van der Waals surface area contributed by atoms with E-state index in [2.05, 4.69) is 108 Å². The molecule has 0 bridgehead atoms. The summed E-state index contributed by atoms with van der Waals surface area (Å²) in [6.07, 6.45) is 1.76. The normalized spacial score (nSPS) is 12.0. The Hall–Kier alpha value is -6.20. The van der Waals surface area contributed by atoms with Crippen molar-refractivity contribution in [3.8, 4) is 56.4 Å². The standard InChI is InChI=1S/C40H22N4O/c1-2-8-25-21-26(16-15-23(25)7-1)37-42-38(27-17-18-28-29-12-5-9-24-10-6-13-30(35(24)29)33(28)22-27)44-39(43-37)32-19-20-41-40-36(32)31-11-3-4-14-34(31)45-40/h1-22H. The van der Waals surface area contributed by atoms with Crippen LogP contribution in [0.25, 0.3) is 100 Å². The van der Waals surface area contributed by atoms with Crippen LogP contribution in [0.2, 0.25) is 0 Å². The fourth-order valence-electron chi connectivity index (χ4n) is 6.85. The number of nitrogens with zero attached hydrogens (tertiary/aromatic N) is 4. The maximum absolute atomic E-state index is 6.12. The van der Waals surface area contributed by atoms with Gasteiger partial charge in [0.2, 0.25) is 5.71 Å². The van der Waals surface area contributed by atoms with E-state index in [-0.39, 0.29) is 0 Å². The molecule has 0 amide bonds. The van der Waals surface area contributed by atoms with Crippen molar-refractivity contribution in [2.24, 2.45) is 0 Å². The molecule has 0 N–H and O–H groups in total. The van der Waals surface area contributed by atoms with Gasteiger partial charge in [-0.2, -0.15) is 0 Å². The number of furan rings is 1. The van der Waals surface area contributed by atoms with E-state index >= 15 is 0 Å². The number of benzene rings is 6. The third kappa shape index (κ3) is 3.61. The van der Waals surface area contributed by atoms with E-state index in [1.165, 1.54) is 38.4 Å². The van der Waals surface area contributed by atoms with Gasteiger partial charge >= 0.3 is 0 Å². The maximum Gasteiger partial charge on any atom is 0.228 e. The molecule has 3 aromatic heterocycles. The Labute approximate surface area is 257 Å². The number of fused-ring (bicyclic) bond motifs is 7. The zero-order valence-corrected chi connectivity index (χ0v) is 23.9. The highest BCUT2D eigenvalue weighted by Gasteiger charge is 2.23. The first-order chi connectivity index (χ1) is 22.3. The number of pyridine rings is 1. The molecule has 0 saturated heterocycles. The molecular formula is C40H22N4O. The molecule has 6 aromatic carbocycles. The summed E-state index contributed by atoms with van der Waals surface area (Å²) in [6, 6.07) is 44.2. The number of para-hydroxylation sites is 1. The highest BCUT2D eigenvalue weighted by atomic mass is 16.3. The molecular weight excluding hydrogens is 552 g/mol. The van der Waals surface area contributed by atoms with Crippen LogP contribution in [0.4, 0.5) is 0 Å². The predicted molar refractivity (Wildman–Crippen MR) is 181 cm³/mol. The predicted octanol–water partition coefficient (Wildman–Crippen LogP) is 10.1. The van der Waals surface area contributed by atoms with Gasteiger partial charge in [-0.15, -0.1) is 0 Å². The molecule has 9 aromatic rings. The number of rotatable bonds is 3. The lowest BCUT2D eigenvalue weighted by Gasteiger charge is -2.11. The third-order valence-corrected chi connectivity index (χ3v) is 8.93. The molecule has 3 heterocycles. The van der Waals surface area contributed by atoms with E-state index in [4.69, 9.17) is 19.4 Å². The van der Waals surface area contributed by atoms with Gasteiger partial charge in [0.1, 0.15) is 5.58 Å². The number of hydrogen-bond donors (Lipinski definition) is 0. The van der Waals surface area contributed by atoms with Crippen molar-refractivity contribution in [2.75, 3.05) is 0 Å². The summed E-state index contributed by atoms with van der Waals surface area (Å²) in [4.78, 5) is 19.9. The first kappa shape index (κ1) is 24.3. The monoisotopic (exact) mass is 574 g/mol. The summed E-state index contributed by atoms with van der Waals surface area (Å²) in [5, 5.41) is 6.72. The van der Waals surface area contributed by atoms with Crippen LogP contribution in [0.5, 0.6) is 0 Å². The Morgan fingerprint density at radius 1 is 0.422 bits per heavy atom. The second-order valence-corrected chi connectivity index (χ2v) is 11.5. The molecule has 0 aliphatic heterocycles. The third-order valence-electron chi connectivity index (χ3n) is 8.93. The summed E-state index contributed by atoms with van der Waals surface area (Å²) < 4.78 is 6.12. The second kappa shape index (κ2) is 9.15. The molecule has 0 spiro atoms. The molecule has 0 fully saturated rings. The zero-order chi connectivity index (χ0) is 29.5. The lowest BCUT2D eigenvalue weighted by atomic mass is 10.0. The molecule has 1 aliphatic carbocycles.